The van der Waals surface area contributed by atoms with Gasteiger partial charge in [-0.25, -0.2) is 4.98 Å². The minimum absolute atomic E-state index is 0.556. The standard InChI is InChI=1S/C16H27N3S/c1-4-8-17-13-6-5-7-14-15(13)20-16(18-14)19-10-11(2)9-12(19)3/h11-13,17H,4-10H2,1-3H3. The first-order chi connectivity index (χ1) is 9.69. The lowest BCUT2D eigenvalue weighted by molar-refractivity contribution is 0.464. The second kappa shape index (κ2) is 6.02. The van der Waals surface area contributed by atoms with E-state index < -0.39 is 0 Å². The average molecular weight is 293 g/mol. The molecular formula is C16H27N3S. The Morgan fingerprint density at radius 1 is 1.40 bits per heavy atom. The Kier molecular flexibility index (Phi) is 4.32. The van der Waals surface area contributed by atoms with E-state index in [2.05, 4.69) is 31.0 Å². The zero-order valence-electron chi connectivity index (χ0n) is 13.0. The number of aryl methyl sites for hydroxylation is 1. The lowest BCUT2D eigenvalue weighted by Gasteiger charge is -2.22. The van der Waals surface area contributed by atoms with Gasteiger partial charge < -0.3 is 10.2 Å². The highest BCUT2D eigenvalue weighted by molar-refractivity contribution is 7.15. The summed E-state index contributed by atoms with van der Waals surface area (Å²) in [5, 5.41) is 4.98. The Morgan fingerprint density at radius 3 is 2.95 bits per heavy atom. The molecule has 2 aliphatic rings. The van der Waals surface area contributed by atoms with Crippen molar-refractivity contribution in [2.45, 2.75) is 65.0 Å². The number of aromatic nitrogens is 1. The third kappa shape index (κ3) is 2.73. The summed E-state index contributed by atoms with van der Waals surface area (Å²) in [5.41, 5.74) is 1.37. The SMILES string of the molecule is CCCNC1CCCc2nc(N3CC(C)CC3C)sc21. The van der Waals surface area contributed by atoms with E-state index >= 15 is 0 Å². The third-order valence-electron chi connectivity index (χ3n) is 4.61. The topological polar surface area (TPSA) is 28.2 Å². The minimum atomic E-state index is 0.556. The average Bonchev–Trinajstić information content (AvgIpc) is 2.99. The predicted molar refractivity (Wildman–Crippen MR) is 86.7 cm³/mol. The molecule has 1 aromatic heterocycles. The fourth-order valence-electron chi connectivity index (χ4n) is 3.61. The summed E-state index contributed by atoms with van der Waals surface area (Å²) in [6.45, 7) is 9.24. The molecule has 0 radical (unpaired) electrons. The van der Waals surface area contributed by atoms with Gasteiger partial charge in [-0.05, 0) is 51.5 Å². The molecule has 0 saturated carbocycles. The number of anilines is 1. The molecule has 0 amide bonds. The van der Waals surface area contributed by atoms with E-state index in [0.29, 0.717) is 12.1 Å². The highest BCUT2D eigenvalue weighted by Crippen LogP contribution is 2.40. The van der Waals surface area contributed by atoms with Crippen LogP contribution in [0, 0.1) is 5.92 Å². The van der Waals surface area contributed by atoms with E-state index in [1.54, 1.807) is 0 Å². The molecule has 2 heterocycles. The first-order valence-corrected chi connectivity index (χ1v) is 9.00. The molecule has 1 N–H and O–H groups in total. The number of thiazole rings is 1. The fourth-order valence-corrected chi connectivity index (χ4v) is 4.94. The maximum Gasteiger partial charge on any atom is 0.186 e. The van der Waals surface area contributed by atoms with Gasteiger partial charge in [-0.3, -0.25) is 0 Å². The van der Waals surface area contributed by atoms with Gasteiger partial charge in [-0.1, -0.05) is 25.2 Å². The van der Waals surface area contributed by atoms with Crippen LogP contribution in [-0.4, -0.2) is 24.1 Å². The Bertz CT molecular complexity index is 457. The second-order valence-corrected chi connectivity index (χ2v) is 7.56. The third-order valence-corrected chi connectivity index (χ3v) is 5.86. The van der Waals surface area contributed by atoms with Gasteiger partial charge in [-0.15, -0.1) is 0 Å². The molecule has 0 aromatic carbocycles. The van der Waals surface area contributed by atoms with Gasteiger partial charge in [0.2, 0.25) is 0 Å². The molecule has 1 aliphatic heterocycles. The van der Waals surface area contributed by atoms with Crippen molar-refractivity contribution in [1.29, 1.82) is 0 Å². The van der Waals surface area contributed by atoms with Crippen LogP contribution in [0.3, 0.4) is 0 Å². The summed E-state index contributed by atoms with van der Waals surface area (Å²) >= 11 is 1.95. The summed E-state index contributed by atoms with van der Waals surface area (Å²) in [6.07, 6.45) is 6.25. The number of hydrogen-bond acceptors (Lipinski definition) is 4. The lowest BCUT2D eigenvalue weighted by atomic mass is 9.98. The van der Waals surface area contributed by atoms with E-state index in [-0.39, 0.29) is 0 Å². The molecule has 112 valence electrons. The van der Waals surface area contributed by atoms with Crippen molar-refractivity contribution in [2.75, 3.05) is 18.0 Å². The zero-order valence-corrected chi connectivity index (χ0v) is 13.8. The van der Waals surface area contributed by atoms with Crippen LogP contribution in [0.15, 0.2) is 0 Å². The molecule has 3 atom stereocenters. The molecule has 3 unspecified atom stereocenters. The fraction of sp³-hybridized carbons (Fsp3) is 0.812. The number of hydrogen-bond donors (Lipinski definition) is 1. The minimum Gasteiger partial charge on any atom is -0.345 e. The van der Waals surface area contributed by atoms with Gasteiger partial charge in [0, 0.05) is 23.5 Å². The molecule has 1 saturated heterocycles. The van der Waals surface area contributed by atoms with Crippen LogP contribution in [-0.2, 0) is 6.42 Å². The Hall–Kier alpha value is -0.610. The maximum atomic E-state index is 4.98. The Labute approximate surface area is 126 Å². The molecule has 1 aromatic rings. The van der Waals surface area contributed by atoms with Crippen molar-refractivity contribution < 1.29 is 0 Å². The van der Waals surface area contributed by atoms with E-state index in [9.17, 15) is 0 Å². The van der Waals surface area contributed by atoms with E-state index in [4.69, 9.17) is 4.98 Å². The summed E-state index contributed by atoms with van der Waals surface area (Å²) in [4.78, 5) is 9.03. The lowest BCUT2D eigenvalue weighted by Crippen LogP contribution is -2.26. The number of nitrogens with one attached hydrogen (secondary N) is 1. The van der Waals surface area contributed by atoms with Crippen molar-refractivity contribution >= 4 is 16.5 Å². The normalized spacial score (nSPS) is 29.8. The van der Waals surface area contributed by atoms with Crippen molar-refractivity contribution in [2.24, 2.45) is 5.92 Å². The molecule has 3 rings (SSSR count). The summed E-state index contributed by atoms with van der Waals surface area (Å²) in [6, 6.07) is 1.21. The van der Waals surface area contributed by atoms with Gasteiger partial charge in [-0.2, -0.15) is 0 Å². The number of rotatable bonds is 4. The van der Waals surface area contributed by atoms with Crippen LogP contribution in [0.4, 0.5) is 5.13 Å². The van der Waals surface area contributed by atoms with Gasteiger partial charge in [0.15, 0.2) is 5.13 Å². The number of fused-ring (bicyclic) bond motifs is 1. The van der Waals surface area contributed by atoms with Crippen molar-refractivity contribution in [3.05, 3.63) is 10.6 Å². The van der Waals surface area contributed by atoms with Gasteiger partial charge in [0.1, 0.15) is 0 Å². The summed E-state index contributed by atoms with van der Waals surface area (Å²) in [7, 11) is 0. The second-order valence-electron chi connectivity index (χ2n) is 6.55. The predicted octanol–water partition coefficient (Wildman–Crippen LogP) is 3.75. The quantitative estimate of drug-likeness (QED) is 0.916. The summed E-state index contributed by atoms with van der Waals surface area (Å²) < 4.78 is 0. The molecule has 1 aliphatic carbocycles. The van der Waals surface area contributed by atoms with E-state index in [1.165, 1.54) is 54.4 Å². The van der Waals surface area contributed by atoms with Crippen molar-refractivity contribution in [1.82, 2.24) is 10.3 Å². The van der Waals surface area contributed by atoms with Crippen molar-refractivity contribution in [3.63, 3.8) is 0 Å². The van der Waals surface area contributed by atoms with Crippen LogP contribution < -0.4 is 10.2 Å². The molecule has 4 heteroatoms. The van der Waals surface area contributed by atoms with Gasteiger partial charge in [0.25, 0.3) is 0 Å². The van der Waals surface area contributed by atoms with E-state index in [1.807, 2.05) is 11.3 Å². The van der Waals surface area contributed by atoms with Crippen LogP contribution in [0.25, 0.3) is 0 Å². The molecule has 20 heavy (non-hydrogen) atoms. The highest BCUT2D eigenvalue weighted by atomic mass is 32.1. The van der Waals surface area contributed by atoms with Crippen LogP contribution in [0.5, 0.6) is 0 Å². The number of nitrogens with zero attached hydrogens (tertiary/aromatic N) is 2. The molecular weight excluding hydrogens is 266 g/mol. The van der Waals surface area contributed by atoms with Crippen LogP contribution in [0.1, 0.15) is 63.1 Å². The van der Waals surface area contributed by atoms with Crippen LogP contribution >= 0.6 is 11.3 Å². The van der Waals surface area contributed by atoms with Gasteiger partial charge >= 0.3 is 0 Å². The maximum absolute atomic E-state index is 4.98. The first-order valence-electron chi connectivity index (χ1n) is 8.18. The smallest absolute Gasteiger partial charge is 0.186 e. The first kappa shape index (κ1) is 14.3. The Morgan fingerprint density at radius 2 is 2.25 bits per heavy atom. The Balaban J connectivity index is 1.80. The monoisotopic (exact) mass is 293 g/mol. The van der Waals surface area contributed by atoms with E-state index in [0.717, 1.165) is 12.5 Å². The zero-order chi connectivity index (χ0) is 14.1. The molecule has 1 fully saturated rings. The van der Waals surface area contributed by atoms with Crippen molar-refractivity contribution in [3.8, 4) is 0 Å². The van der Waals surface area contributed by atoms with Gasteiger partial charge in [0.05, 0.1) is 5.69 Å². The van der Waals surface area contributed by atoms with Crippen LogP contribution in [0.2, 0.25) is 0 Å². The highest BCUT2D eigenvalue weighted by Gasteiger charge is 2.31. The molecule has 0 spiro atoms. The summed E-state index contributed by atoms with van der Waals surface area (Å²) in [5.74, 6) is 0.806. The largest absolute Gasteiger partial charge is 0.345 e. The molecule has 3 nitrogen and oxygen atoms in total. The molecule has 0 bridgehead atoms.